The first-order valence-electron chi connectivity index (χ1n) is 6.97. The lowest BCUT2D eigenvalue weighted by atomic mass is 9.71. The van der Waals surface area contributed by atoms with Crippen LogP contribution in [0, 0.1) is 14.9 Å². The minimum Gasteiger partial charge on any atom is -0.382 e. The van der Waals surface area contributed by atoms with Crippen molar-refractivity contribution in [3.8, 4) is 0 Å². The van der Waals surface area contributed by atoms with E-state index in [1.165, 1.54) is 34.9 Å². The number of halogens is 1. The molecule has 0 unspecified atom stereocenters. The molecule has 0 spiro atoms. The SMILES string of the molecule is CC(C)(C)C1CCC(Nc2cccc(I)c2)CC1. The van der Waals surface area contributed by atoms with Gasteiger partial charge in [-0.1, -0.05) is 26.8 Å². The molecule has 1 N–H and O–H groups in total. The van der Waals surface area contributed by atoms with Crippen molar-refractivity contribution in [2.24, 2.45) is 11.3 Å². The highest BCUT2D eigenvalue weighted by Crippen LogP contribution is 2.38. The van der Waals surface area contributed by atoms with Crippen LogP contribution >= 0.6 is 22.6 Å². The van der Waals surface area contributed by atoms with E-state index in [2.05, 4.69) is 72.9 Å². The molecule has 1 aliphatic carbocycles. The van der Waals surface area contributed by atoms with Crippen LogP contribution in [0.15, 0.2) is 24.3 Å². The Morgan fingerprint density at radius 2 is 1.78 bits per heavy atom. The first-order valence-corrected chi connectivity index (χ1v) is 8.05. The molecule has 2 heteroatoms. The first kappa shape index (κ1) is 14.2. The highest BCUT2D eigenvalue weighted by molar-refractivity contribution is 14.1. The fourth-order valence-electron chi connectivity index (χ4n) is 2.92. The minimum atomic E-state index is 0.479. The lowest BCUT2D eigenvalue weighted by Crippen LogP contribution is -2.31. The van der Waals surface area contributed by atoms with Gasteiger partial charge >= 0.3 is 0 Å². The second kappa shape index (κ2) is 5.81. The number of anilines is 1. The summed E-state index contributed by atoms with van der Waals surface area (Å²) in [6.45, 7) is 7.14. The van der Waals surface area contributed by atoms with Gasteiger partial charge in [-0.05, 0) is 77.8 Å². The molecule has 0 atom stereocenters. The van der Waals surface area contributed by atoms with Gasteiger partial charge in [0.2, 0.25) is 0 Å². The van der Waals surface area contributed by atoms with Gasteiger partial charge in [0.25, 0.3) is 0 Å². The maximum Gasteiger partial charge on any atom is 0.0352 e. The van der Waals surface area contributed by atoms with Crippen molar-refractivity contribution in [3.63, 3.8) is 0 Å². The summed E-state index contributed by atoms with van der Waals surface area (Å²) in [5.41, 5.74) is 1.76. The highest BCUT2D eigenvalue weighted by Gasteiger charge is 2.29. The Hall–Kier alpha value is -0.250. The molecule has 1 aromatic rings. The summed E-state index contributed by atoms with van der Waals surface area (Å²) < 4.78 is 1.31. The average Bonchev–Trinajstić information content (AvgIpc) is 2.28. The van der Waals surface area contributed by atoms with Crippen LogP contribution in [0.3, 0.4) is 0 Å². The zero-order valence-electron chi connectivity index (χ0n) is 11.7. The average molecular weight is 357 g/mol. The third-order valence-corrected chi connectivity index (χ3v) is 4.82. The number of benzene rings is 1. The minimum absolute atomic E-state index is 0.479. The zero-order chi connectivity index (χ0) is 13.2. The van der Waals surface area contributed by atoms with Gasteiger partial charge < -0.3 is 5.32 Å². The van der Waals surface area contributed by atoms with Gasteiger partial charge in [0, 0.05) is 15.3 Å². The highest BCUT2D eigenvalue weighted by atomic mass is 127. The van der Waals surface area contributed by atoms with Gasteiger partial charge in [-0.25, -0.2) is 0 Å². The van der Waals surface area contributed by atoms with Gasteiger partial charge in [-0.2, -0.15) is 0 Å². The topological polar surface area (TPSA) is 12.0 Å². The van der Waals surface area contributed by atoms with Crippen LogP contribution in [0.1, 0.15) is 46.5 Å². The molecular formula is C16H24IN. The van der Waals surface area contributed by atoms with Crippen LogP contribution in [-0.2, 0) is 0 Å². The zero-order valence-corrected chi connectivity index (χ0v) is 13.8. The predicted octanol–water partition coefficient (Wildman–Crippen LogP) is 5.31. The second-order valence-corrected chi connectivity index (χ2v) is 7.81. The van der Waals surface area contributed by atoms with Crippen LogP contribution in [0.5, 0.6) is 0 Å². The molecule has 1 aromatic carbocycles. The molecule has 0 aliphatic heterocycles. The van der Waals surface area contributed by atoms with E-state index < -0.39 is 0 Å². The fourth-order valence-corrected chi connectivity index (χ4v) is 3.46. The van der Waals surface area contributed by atoms with E-state index >= 15 is 0 Å². The molecule has 100 valence electrons. The molecule has 0 aromatic heterocycles. The smallest absolute Gasteiger partial charge is 0.0352 e. The molecule has 18 heavy (non-hydrogen) atoms. The quantitative estimate of drug-likeness (QED) is 0.708. The van der Waals surface area contributed by atoms with E-state index in [0.717, 1.165) is 5.92 Å². The Labute approximate surface area is 125 Å². The summed E-state index contributed by atoms with van der Waals surface area (Å²) >= 11 is 2.37. The summed E-state index contributed by atoms with van der Waals surface area (Å²) in [6.07, 6.45) is 5.36. The van der Waals surface area contributed by atoms with Crippen molar-refractivity contribution in [3.05, 3.63) is 27.8 Å². The Kier molecular flexibility index (Phi) is 4.57. The number of nitrogens with one attached hydrogen (secondary N) is 1. The Balaban J connectivity index is 1.87. The molecule has 1 saturated carbocycles. The van der Waals surface area contributed by atoms with E-state index in [1.807, 2.05) is 0 Å². The monoisotopic (exact) mass is 357 g/mol. The van der Waals surface area contributed by atoms with Crippen LogP contribution in [0.4, 0.5) is 5.69 Å². The Morgan fingerprint density at radius 3 is 2.33 bits per heavy atom. The summed E-state index contributed by atoms with van der Waals surface area (Å²) in [6, 6.07) is 9.35. The van der Waals surface area contributed by atoms with E-state index in [4.69, 9.17) is 0 Å². The maximum absolute atomic E-state index is 3.69. The van der Waals surface area contributed by atoms with Crippen LogP contribution in [0.25, 0.3) is 0 Å². The Morgan fingerprint density at radius 1 is 1.11 bits per heavy atom. The maximum atomic E-state index is 3.69. The van der Waals surface area contributed by atoms with Gasteiger partial charge in [-0.15, -0.1) is 0 Å². The molecule has 1 nitrogen and oxygen atoms in total. The summed E-state index contributed by atoms with van der Waals surface area (Å²) in [4.78, 5) is 0. The van der Waals surface area contributed by atoms with E-state index in [-0.39, 0.29) is 0 Å². The number of hydrogen-bond acceptors (Lipinski definition) is 1. The van der Waals surface area contributed by atoms with Crippen molar-refractivity contribution >= 4 is 28.3 Å². The number of rotatable bonds is 2. The van der Waals surface area contributed by atoms with E-state index in [0.29, 0.717) is 11.5 Å². The van der Waals surface area contributed by atoms with Gasteiger partial charge in [0.15, 0.2) is 0 Å². The largest absolute Gasteiger partial charge is 0.382 e. The van der Waals surface area contributed by atoms with Gasteiger partial charge in [0.05, 0.1) is 0 Å². The molecule has 2 rings (SSSR count). The van der Waals surface area contributed by atoms with Crippen molar-refractivity contribution in [1.29, 1.82) is 0 Å². The summed E-state index contributed by atoms with van der Waals surface area (Å²) in [7, 11) is 0. The van der Waals surface area contributed by atoms with Crippen LogP contribution in [0.2, 0.25) is 0 Å². The Bertz CT molecular complexity index is 386. The summed E-state index contributed by atoms with van der Waals surface area (Å²) in [5.74, 6) is 0.895. The molecule has 0 saturated heterocycles. The first-order chi connectivity index (χ1) is 8.45. The molecule has 0 amide bonds. The van der Waals surface area contributed by atoms with Crippen LogP contribution < -0.4 is 5.32 Å². The van der Waals surface area contributed by atoms with Crippen molar-refractivity contribution in [1.82, 2.24) is 0 Å². The second-order valence-electron chi connectivity index (χ2n) is 6.57. The van der Waals surface area contributed by atoms with Gasteiger partial charge in [0.1, 0.15) is 0 Å². The number of hydrogen-bond donors (Lipinski definition) is 1. The lowest BCUT2D eigenvalue weighted by molar-refractivity contribution is 0.173. The third-order valence-electron chi connectivity index (χ3n) is 4.15. The molecule has 0 radical (unpaired) electrons. The lowest BCUT2D eigenvalue weighted by Gasteiger charge is -2.37. The molecular weight excluding hydrogens is 333 g/mol. The molecule has 1 aliphatic rings. The predicted molar refractivity (Wildman–Crippen MR) is 88.0 cm³/mol. The molecule has 1 fully saturated rings. The standard InChI is InChI=1S/C16H24IN/c1-16(2,3)12-7-9-14(10-8-12)18-15-6-4-5-13(17)11-15/h4-6,11-12,14,18H,7-10H2,1-3H3. The molecule has 0 bridgehead atoms. The van der Waals surface area contributed by atoms with E-state index in [9.17, 15) is 0 Å². The normalized spacial score (nSPS) is 24.9. The van der Waals surface area contributed by atoms with Crippen molar-refractivity contribution in [2.45, 2.75) is 52.5 Å². The van der Waals surface area contributed by atoms with E-state index in [1.54, 1.807) is 0 Å². The summed E-state index contributed by atoms with van der Waals surface area (Å²) in [5, 5.41) is 3.69. The van der Waals surface area contributed by atoms with Gasteiger partial charge in [-0.3, -0.25) is 0 Å². The van der Waals surface area contributed by atoms with Crippen LogP contribution in [-0.4, -0.2) is 6.04 Å². The van der Waals surface area contributed by atoms with Crippen molar-refractivity contribution in [2.75, 3.05) is 5.32 Å². The molecule has 0 heterocycles. The fraction of sp³-hybridized carbons (Fsp3) is 0.625. The third kappa shape index (κ3) is 3.87. The van der Waals surface area contributed by atoms with Crippen molar-refractivity contribution < 1.29 is 0 Å².